The summed E-state index contributed by atoms with van der Waals surface area (Å²) >= 11 is 0. The second-order valence-electron chi connectivity index (χ2n) is 6.20. The van der Waals surface area contributed by atoms with Gasteiger partial charge in [-0.1, -0.05) is 12.1 Å². The van der Waals surface area contributed by atoms with Gasteiger partial charge in [-0.05, 0) is 32.5 Å². The van der Waals surface area contributed by atoms with Gasteiger partial charge in [-0.2, -0.15) is 0 Å². The molecule has 23 heavy (non-hydrogen) atoms. The molecule has 0 aliphatic carbocycles. The first-order chi connectivity index (χ1) is 11.1. The molecule has 3 rings (SSSR count). The second kappa shape index (κ2) is 6.54. The fraction of sp³-hybridized carbons (Fsp3) is 0.562. The molecule has 0 radical (unpaired) electrons. The minimum Gasteiger partial charge on any atom is -0.362 e. The molecule has 1 aromatic carbocycles. The van der Waals surface area contributed by atoms with Crippen LogP contribution in [0.1, 0.15) is 12.8 Å². The third kappa shape index (κ3) is 3.14. The van der Waals surface area contributed by atoms with E-state index in [9.17, 15) is 14.9 Å². The maximum atomic E-state index is 12.6. The number of para-hydroxylation sites is 2. The summed E-state index contributed by atoms with van der Waals surface area (Å²) in [5.41, 5.74) is 0.769. The summed E-state index contributed by atoms with van der Waals surface area (Å²) in [5, 5.41) is 11.2. The van der Waals surface area contributed by atoms with E-state index in [1.54, 1.807) is 12.1 Å². The standard InChI is InChI=1S/C16H22N4O3/c1-17-8-4-7-15(17)16(21)19-11-9-18(10-12-19)13-5-2-3-6-14(13)20(22)23/h2-3,5-6,15H,4,7-12H2,1H3. The van der Waals surface area contributed by atoms with Crippen LogP contribution in [0.2, 0.25) is 0 Å². The van der Waals surface area contributed by atoms with Gasteiger partial charge in [0, 0.05) is 32.2 Å². The number of nitro groups is 1. The number of carbonyl (C=O) groups is 1. The average Bonchev–Trinajstić information content (AvgIpc) is 3.00. The topological polar surface area (TPSA) is 69.9 Å². The molecule has 1 aromatic rings. The van der Waals surface area contributed by atoms with Gasteiger partial charge in [0.1, 0.15) is 5.69 Å². The maximum Gasteiger partial charge on any atom is 0.292 e. The van der Waals surface area contributed by atoms with E-state index in [0.717, 1.165) is 19.4 Å². The van der Waals surface area contributed by atoms with E-state index in [4.69, 9.17) is 0 Å². The summed E-state index contributed by atoms with van der Waals surface area (Å²) in [4.78, 5) is 29.4. The normalized spacial score (nSPS) is 22.4. The molecule has 2 aliphatic rings. The van der Waals surface area contributed by atoms with Crippen molar-refractivity contribution >= 4 is 17.3 Å². The number of likely N-dealkylation sites (tertiary alicyclic amines) is 1. The van der Waals surface area contributed by atoms with Crippen molar-refractivity contribution in [1.82, 2.24) is 9.80 Å². The van der Waals surface area contributed by atoms with Crippen LogP contribution in [0.5, 0.6) is 0 Å². The minimum absolute atomic E-state index is 0.00705. The fourth-order valence-electron chi connectivity index (χ4n) is 3.49. The van der Waals surface area contributed by atoms with E-state index >= 15 is 0 Å². The molecular weight excluding hydrogens is 296 g/mol. The van der Waals surface area contributed by atoms with Gasteiger partial charge in [0.2, 0.25) is 5.91 Å². The number of benzene rings is 1. The summed E-state index contributed by atoms with van der Waals surface area (Å²) < 4.78 is 0. The molecule has 0 aromatic heterocycles. The van der Waals surface area contributed by atoms with Crippen LogP contribution in [0.4, 0.5) is 11.4 Å². The number of nitrogens with zero attached hydrogens (tertiary/aromatic N) is 4. The molecule has 0 spiro atoms. The molecule has 0 saturated carbocycles. The number of carbonyl (C=O) groups excluding carboxylic acids is 1. The van der Waals surface area contributed by atoms with Gasteiger partial charge in [0.15, 0.2) is 0 Å². The minimum atomic E-state index is -0.347. The third-order valence-corrected chi connectivity index (χ3v) is 4.82. The number of piperazine rings is 1. The van der Waals surface area contributed by atoms with Crippen LogP contribution in [0.3, 0.4) is 0 Å². The highest BCUT2D eigenvalue weighted by Crippen LogP contribution is 2.28. The fourth-order valence-corrected chi connectivity index (χ4v) is 3.49. The molecule has 1 amide bonds. The van der Waals surface area contributed by atoms with E-state index in [1.165, 1.54) is 6.07 Å². The van der Waals surface area contributed by atoms with E-state index in [0.29, 0.717) is 31.9 Å². The number of hydrogen-bond acceptors (Lipinski definition) is 5. The van der Waals surface area contributed by atoms with Gasteiger partial charge in [0.05, 0.1) is 11.0 Å². The van der Waals surface area contributed by atoms with Crippen LogP contribution in [0, 0.1) is 10.1 Å². The summed E-state index contributed by atoms with van der Waals surface area (Å²) in [5.74, 6) is 0.201. The Balaban J connectivity index is 1.65. The lowest BCUT2D eigenvalue weighted by molar-refractivity contribution is -0.384. The zero-order valence-corrected chi connectivity index (χ0v) is 13.4. The van der Waals surface area contributed by atoms with Crippen molar-refractivity contribution in [2.75, 3.05) is 44.7 Å². The lowest BCUT2D eigenvalue weighted by atomic mass is 10.1. The highest BCUT2D eigenvalue weighted by molar-refractivity contribution is 5.82. The van der Waals surface area contributed by atoms with Crippen molar-refractivity contribution in [3.05, 3.63) is 34.4 Å². The highest BCUT2D eigenvalue weighted by atomic mass is 16.6. The maximum absolute atomic E-state index is 12.6. The number of amides is 1. The number of nitro benzene ring substituents is 1. The molecule has 0 N–H and O–H groups in total. The first-order valence-electron chi connectivity index (χ1n) is 8.05. The van der Waals surface area contributed by atoms with Gasteiger partial charge < -0.3 is 9.80 Å². The van der Waals surface area contributed by atoms with Gasteiger partial charge >= 0.3 is 0 Å². The van der Waals surface area contributed by atoms with Crippen molar-refractivity contribution in [1.29, 1.82) is 0 Å². The first kappa shape index (κ1) is 15.7. The number of anilines is 1. The van der Waals surface area contributed by atoms with Crippen molar-refractivity contribution in [3.8, 4) is 0 Å². The Morgan fingerprint density at radius 3 is 2.48 bits per heavy atom. The monoisotopic (exact) mass is 318 g/mol. The SMILES string of the molecule is CN1CCCC1C(=O)N1CCN(c2ccccc2[N+](=O)[O-])CC1. The van der Waals surface area contributed by atoms with Gasteiger partial charge in [-0.3, -0.25) is 19.8 Å². The Kier molecular flexibility index (Phi) is 4.47. The molecule has 1 unspecified atom stereocenters. The quantitative estimate of drug-likeness (QED) is 0.621. The van der Waals surface area contributed by atoms with Crippen LogP contribution < -0.4 is 4.90 Å². The van der Waals surface area contributed by atoms with E-state index in [1.807, 2.05) is 22.9 Å². The lowest BCUT2D eigenvalue weighted by Gasteiger charge is -2.37. The largest absolute Gasteiger partial charge is 0.362 e. The van der Waals surface area contributed by atoms with E-state index in [2.05, 4.69) is 4.90 Å². The molecular formula is C16H22N4O3. The van der Waals surface area contributed by atoms with Crippen molar-refractivity contribution < 1.29 is 9.72 Å². The first-order valence-corrected chi connectivity index (χ1v) is 8.05. The Morgan fingerprint density at radius 2 is 1.87 bits per heavy atom. The van der Waals surface area contributed by atoms with Crippen molar-refractivity contribution in [2.24, 2.45) is 0 Å². The predicted octanol–water partition coefficient (Wildman–Crippen LogP) is 1.34. The Morgan fingerprint density at radius 1 is 1.17 bits per heavy atom. The molecule has 0 bridgehead atoms. The van der Waals surface area contributed by atoms with Gasteiger partial charge in [-0.25, -0.2) is 0 Å². The van der Waals surface area contributed by atoms with Crippen LogP contribution in [-0.4, -0.2) is 66.4 Å². The van der Waals surface area contributed by atoms with Gasteiger partial charge in [0.25, 0.3) is 5.69 Å². The number of rotatable bonds is 3. The molecule has 2 heterocycles. The Hall–Kier alpha value is -2.15. The Labute approximate surface area is 135 Å². The van der Waals surface area contributed by atoms with Crippen LogP contribution in [-0.2, 0) is 4.79 Å². The van der Waals surface area contributed by atoms with Crippen molar-refractivity contribution in [2.45, 2.75) is 18.9 Å². The molecule has 7 nitrogen and oxygen atoms in total. The van der Waals surface area contributed by atoms with Gasteiger partial charge in [-0.15, -0.1) is 0 Å². The smallest absolute Gasteiger partial charge is 0.292 e. The summed E-state index contributed by atoms with van der Waals surface area (Å²) in [6.07, 6.45) is 2.00. The number of likely N-dealkylation sites (N-methyl/N-ethyl adjacent to an activating group) is 1. The van der Waals surface area contributed by atoms with Crippen LogP contribution in [0.15, 0.2) is 24.3 Å². The second-order valence-corrected chi connectivity index (χ2v) is 6.20. The number of hydrogen-bond donors (Lipinski definition) is 0. The Bertz CT molecular complexity index is 599. The molecule has 2 fully saturated rings. The van der Waals surface area contributed by atoms with Crippen LogP contribution >= 0.6 is 0 Å². The summed E-state index contributed by atoms with van der Waals surface area (Å²) in [6, 6.07) is 6.80. The molecule has 1 atom stereocenters. The summed E-state index contributed by atoms with van der Waals surface area (Å²) in [7, 11) is 2.00. The predicted molar refractivity (Wildman–Crippen MR) is 87.5 cm³/mol. The summed E-state index contributed by atoms with van der Waals surface area (Å²) in [6.45, 7) is 3.48. The molecule has 7 heteroatoms. The van der Waals surface area contributed by atoms with E-state index < -0.39 is 0 Å². The lowest BCUT2D eigenvalue weighted by Crippen LogP contribution is -2.53. The molecule has 2 aliphatic heterocycles. The van der Waals surface area contributed by atoms with Crippen LogP contribution in [0.25, 0.3) is 0 Å². The zero-order chi connectivity index (χ0) is 16.4. The molecule has 2 saturated heterocycles. The highest BCUT2D eigenvalue weighted by Gasteiger charge is 2.33. The van der Waals surface area contributed by atoms with Crippen molar-refractivity contribution in [3.63, 3.8) is 0 Å². The average molecular weight is 318 g/mol. The zero-order valence-electron chi connectivity index (χ0n) is 13.4. The third-order valence-electron chi connectivity index (χ3n) is 4.82. The molecule has 124 valence electrons. The van der Waals surface area contributed by atoms with E-state index in [-0.39, 0.29) is 22.6 Å².